The van der Waals surface area contributed by atoms with Crippen LogP contribution in [0.4, 0.5) is 5.82 Å². The molecular formula is C19H13Cl2N3OS. The lowest BCUT2D eigenvalue weighted by Gasteiger charge is -2.10. The third-order valence-corrected chi connectivity index (χ3v) is 5.34. The number of aromatic hydroxyl groups is 1. The van der Waals surface area contributed by atoms with Crippen molar-refractivity contribution >= 4 is 50.6 Å². The summed E-state index contributed by atoms with van der Waals surface area (Å²) in [6.07, 6.45) is 0. The molecule has 4 aromatic rings. The van der Waals surface area contributed by atoms with Crippen LogP contribution < -0.4 is 5.32 Å². The van der Waals surface area contributed by atoms with E-state index in [1.165, 1.54) is 11.3 Å². The van der Waals surface area contributed by atoms with E-state index in [9.17, 15) is 5.11 Å². The zero-order chi connectivity index (χ0) is 18.1. The molecule has 7 heteroatoms. The van der Waals surface area contributed by atoms with Crippen LogP contribution in [0.25, 0.3) is 21.3 Å². The smallest absolute Gasteiger partial charge is 0.225 e. The highest BCUT2D eigenvalue weighted by atomic mass is 35.5. The molecule has 0 saturated heterocycles. The lowest BCUT2D eigenvalue weighted by Crippen LogP contribution is -2.03. The van der Waals surface area contributed by atoms with Crippen molar-refractivity contribution in [3.8, 4) is 16.9 Å². The maximum Gasteiger partial charge on any atom is 0.225 e. The molecule has 4 nitrogen and oxygen atoms in total. The molecular weight excluding hydrogens is 389 g/mol. The van der Waals surface area contributed by atoms with Gasteiger partial charge in [-0.2, -0.15) is 0 Å². The molecule has 0 aliphatic heterocycles. The summed E-state index contributed by atoms with van der Waals surface area (Å²) in [7, 11) is 0. The van der Waals surface area contributed by atoms with E-state index in [-0.39, 0.29) is 11.0 Å². The lowest BCUT2D eigenvalue weighted by atomic mass is 10.1. The van der Waals surface area contributed by atoms with Gasteiger partial charge in [-0.15, -0.1) is 11.3 Å². The number of benzene rings is 2. The largest absolute Gasteiger partial charge is 0.508 e. The molecule has 0 saturated carbocycles. The Hall–Kier alpha value is -2.34. The van der Waals surface area contributed by atoms with Crippen LogP contribution in [0, 0.1) is 0 Å². The average molecular weight is 402 g/mol. The summed E-state index contributed by atoms with van der Waals surface area (Å²) < 4.78 is 0. The fourth-order valence-corrected chi connectivity index (χ4v) is 4.12. The second-order valence-electron chi connectivity index (χ2n) is 5.67. The van der Waals surface area contributed by atoms with Crippen LogP contribution in [0.15, 0.2) is 53.9 Å². The number of nitrogens with one attached hydrogen (secondary N) is 1. The Labute approximate surface area is 164 Å². The summed E-state index contributed by atoms with van der Waals surface area (Å²) in [6.45, 7) is 0.542. The van der Waals surface area contributed by atoms with Gasteiger partial charge >= 0.3 is 0 Å². The van der Waals surface area contributed by atoms with Crippen LogP contribution in [-0.4, -0.2) is 15.1 Å². The molecule has 0 aliphatic carbocycles. The van der Waals surface area contributed by atoms with Crippen molar-refractivity contribution < 1.29 is 5.11 Å². The van der Waals surface area contributed by atoms with E-state index >= 15 is 0 Å². The molecule has 0 radical (unpaired) electrons. The molecule has 0 spiro atoms. The van der Waals surface area contributed by atoms with Gasteiger partial charge in [-0.3, -0.25) is 0 Å². The highest BCUT2D eigenvalue weighted by molar-refractivity contribution is 7.17. The van der Waals surface area contributed by atoms with Gasteiger partial charge in [0.2, 0.25) is 5.28 Å². The molecule has 2 heterocycles. The van der Waals surface area contributed by atoms with Gasteiger partial charge < -0.3 is 10.4 Å². The first kappa shape index (κ1) is 17.1. The van der Waals surface area contributed by atoms with Crippen LogP contribution in [0.5, 0.6) is 5.75 Å². The summed E-state index contributed by atoms with van der Waals surface area (Å²) in [5, 5.41) is 16.5. The maximum absolute atomic E-state index is 9.41. The summed E-state index contributed by atoms with van der Waals surface area (Å²) in [6, 6.07) is 14.7. The molecule has 0 atom stereocenters. The van der Waals surface area contributed by atoms with E-state index in [1.807, 2.05) is 41.8 Å². The number of fused-ring (bicyclic) bond motifs is 1. The molecule has 26 heavy (non-hydrogen) atoms. The van der Waals surface area contributed by atoms with Crippen molar-refractivity contribution in [2.24, 2.45) is 0 Å². The Morgan fingerprint density at radius 2 is 1.73 bits per heavy atom. The number of rotatable bonds is 4. The number of hydrogen-bond acceptors (Lipinski definition) is 5. The number of halogens is 2. The monoisotopic (exact) mass is 401 g/mol. The molecule has 2 aromatic heterocycles. The Kier molecular flexibility index (Phi) is 4.68. The number of phenolic OH excluding ortho intramolecular Hbond substituents is 1. The minimum Gasteiger partial charge on any atom is -0.508 e. The molecule has 0 bridgehead atoms. The first-order valence-corrected chi connectivity index (χ1v) is 9.47. The highest BCUT2D eigenvalue weighted by Gasteiger charge is 2.16. The molecule has 130 valence electrons. The van der Waals surface area contributed by atoms with E-state index in [0.29, 0.717) is 17.4 Å². The van der Waals surface area contributed by atoms with E-state index in [4.69, 9.17) is 23.2 Å². The van der Waals surface area contributed by atoms with Crippen molar-refractivity contribution in [3.05, 3.63) is 69.8 Å². The number of aromatic nitrogens is 2. The van der Waals surface area contributed by atoms with E-state index in [0.717, 1.165) is 26.9 Å². The fraction of sp³-hybridized carbons (Fsp3) is 0.0526. The van der Waals surface area contributed by atoms with Gasteiger partial charge in [-0.1, -0.05) is 41.9 Å². The summed E-state index contributed by atoms with van der Waals surface area (Å²) >= 11 is 14.0. The molecule has 2 aromatic carbocycles. The SMILES string of the molecule is Oc1ccc(CNc2nc(Cl)nc3scc(-c4ccccc4Cl)c23)cc1. The lowest BCUT2D eigenvalue weighted by molar-refractivity contribution is 0.475. The van der Waals surface area contributed by atoms with Crippen LogP contribution >= 0.6 is 34.5 Å². The Morgan fingerprint density at radius 3 is 2.50 bits per heavy atom. The van der Waals surface area contributed by atoms with Gasteiger partial charge in [0.1, 0.15) is 16.4 Å². The quantitative estimate of drug-likeness (QED) is 0.412. The molecule has 0 fully saturated rings. The average Bonchev–Trinajstić information content (AvgIpc) is 3.05. The maximum atomic E-state index is 9.41. The van der Waals surface area contributed by atoms with Crippen LogP contribution in [0.1, 0.15) is 5.56 Å². The van der Waals surface area contributed by atoms with Gasteiger partial charge in [-0.05, 0) is 35.4 Å². The zero-order valence-electron chi connectivity index (χ0n) is 13.4. The summed E-state index contributed by atoms with van der Waals surface area (Å²) in [5.41, 5.74) is 2.92. The predicted molar refractivity (Wildman–Crippen MR) is 108 cm³/mol. The van der Waals surface area contributed by atoms with Crippen molar-refractivity contribution in [2.45, 2.75) is 6.54 Å². The third-order valence-electron chi connectivity index (χ3n) is 3.97. The van der Waals surface area contributed by atoms with Crippen molar-refractivity contribution in [1.29, 1.82) is 0 Å². The second kappa shape index (κ2) is 7.11. The number of anilines is 1. The minimum atomic E-state index is 0.193. The van der Waals surface area contributed by atoms with Crippen LogP contribution in [-0.2, 0) is 6.54 Å². The third kappa shape index (κ3) is 3.33. The zero-order valence-corrected chi connectivity index (χ0v) is 15.7. The predicted octanol–water partition coefficient (Wildman–Crippen LogP) is 5.98. The van der Waals surface area contributed by atoms with Gasteiger partial charge in [0.25, 0.3) is 0 Å². The van der Waals surface area contributed by atoms with Crippen molar-refractivity contribution in [2.75, 3.05) is 5.32 Å². The van der Waals surface area contributed by atoms with Gasteiger partial charge in [-0.25, -0.2) is 9.97 Å². The Balaban J connectivity index is 1.77. The minimum absolute atomic E-state index is 0.193. The number of thiophene rings is 1. The summed E-state index contributed by atoms with van der Waals surface area (Å²) in [5.74, 6) is 0.893. The standard InChI is InChI=1S/C19H13Cl2N3OS/c20-15-4-2-1-3-13(15)14-10-26-18-16(14)17(23-19(21)24-18)22-9-11-5-7-12(25)8-6-11/h1-8,10,25H,9H2,(H,22,23,24). The topological polar surface area (TPSA) is 58.0 Å². The molecule has 0 amide bonds. The van der Waals surface area contributed by atoms with Gasteiger partial charge in [0.05, 0.1) is 5.39 Å². The van der Waals surface area contributed by atoms with Crippen LogP contribution in [0.3, 0.4) is 0 Å². The molecule has 0 aliphatic rings. The fourth-order valence-electron chi connectivity index (χ4n) is 2.72. The normalized spacial score (nSPS) is 11.0. The van der Waals surface area contributed by atoms with Crippen molar-refractivity contribution in [3.63, 3.8) is 0 Å². The van der Waals surface area contributed by atoms with E-state index in [1.54, 1.807) is 12.1 Å². The molecule has 4 rings (SSSR count). The van der Waals surface area contributed by atoms with Gasteiger partial charge in [0, 0.05) is 28.1 Å². The Morgan fingerprint density at radius 1 is 0.962 bits per heavy atom. The number of hydrogen-bond donors (Lipinski definition) is 2. The Bertz CT molecular complexity index is 1080. The van der Waals surface area contributed by atoms with Gasteiger partial charge in [0.15, 0.2) is 0 Å². The number of nitrogens with zero attached hydrogens (tertiary/aromatic N) is 2. The first-order valence-electron chi connectivity index (χ1n) is 7.83. The number of phenols is 1. The van der Waals surface area contributed by atoms with Crippen LogP contribution in [0.2, 0.25) is 10.3 Å². The summed E-state index contributed by atoms with van der Waals surface area (Å²) in [4.78, 5) is 9.51. The van der Waals surface area contributed by atoms with E-state index < -0.39 is 0 Å². The first-order chi connectivity index (χ1) is 12.6. The molecule has 0 unspecified atom stereocenters. The van der Waals surface area contributed by atoms with Crippen molar-refractivity contribution in [1.82, 2.24) is 9.97 Å². The highest BCUT2D eigenvalue weighted by Crippen LogP contribution is 2.40. The molecule has 2 N–H and O–H groups in total. The second-order valence-corrected chi connectivity index (χ2v) is 7.27. The van der Waals surface area contributed by atoms with E-state index in [2.05, 4.69) is 15.3 Å².